The van der Waals surface area contributed by atoms with Gasteiger partial charge in [-0.25, -0.2) is 0 Å². The van der Waals surface area contributed by atoms with Crippen molar-refractivity contribution >= 4 is 17.4 Å². The van der Waals surface area contributed by atoms with Crippen LogP contribution in [-0.2, 0) is 6.42 Å². The first-order chi connectivity index (χ1) is 12.9. The molecule has 2 aromatic carbocycles. The fourth-order valence-corrected chi connectivity index (χ4v) is 4.15. The molecule has 0 unspecified atom stereocenters. The molecule has 0 aliphatic heterocycles. The zero-order valence-corrected chi connectivity index (χ0v) is 16.5. The molecular formula is C23H22ClNO2. The summed E-state index contributed by atoms with van der Waals surface area (Å²) in [5.74, 6) is 0.801. The molecule has 1 aromatic heterocycles. The number of hydrogen-bond donors (Lipinski definition) is 0. The van der Waals surface area contributed by atoms with Crippen LogP contribution < -0.4 is 4.74 Å². The first-order valence-corrected chi connectivity index (χ1v) is 9.45. The van der Waals surface area contributed by atoms with Gasteiger partial charge in [-0.05, 0) is 36.1 Å². The van der Waals surface area contributed by atoms with Crippen LogP contribution in [0.5, 0.6) is 5.75 Å². The molecule has 0 saturated heterocycles. The standard InChI is InChI=1S/C23H22ClNO2/c1-23(2)13-18-20(19(26)14-23)22(27-3)21(15-7-5-4-6-8-15)25(18)17-11-9-16(24)10-12-17/h4-12H,13-14H2,1-3H3. The molecule has 4 rings (SSSR count). The zero-order chi connectivity index (χ0) is 19.2. The largest absolute Gasteiger partial charge is 0.494 e. The van der Waals surface area contributed by atoms with Gasteiger partial charge in [0.25, 0.3) is 0 Å². The van der Waals surface area contributed by atoms with E-state index in [1.807, 2.05) is 54.6 Å². The van der Waals surface area contributed by atoms with E-state index in [4.69, 9.17) is 16.3 Å². The first kappa shape index (κ1) is 17.9. The molecule has 1 heterocycles. The van der Waals surface area contributed by atoms with Gasteiger partial charge in [0.2, 0.25) is 0 Å². The highest BCUT2D eigenvalue weighted by Gasteiger charge is 2.38. The summed E-state index contributed by atoms with van der Waals surface area (Å²) in [7, 11) is 1.64. The lowest BCUT2D eigenvalue weighted by Gasteiger charge is -2.29. The summed E-state index contributed by atoms with van der Waals surface area (Å²) in [5, 5.41) is 0.685. The number of ketones is 1. The molecular weight excluding hydrogens is 358 g/mol. The Labute approximate surface area is 164 Å². The molecule has 0 fully saturated rings. The summed E-state index contributed by atoms with van der Waals surface area (Å²) >= 11 is 6.11. The minimum absolute atomic E-state index is 0.0917. The Morgan fingerprint density at radius 2 is 1.67 bits per heavy atom. The average molecular weight is 380 g/mol. The number of benzene rings is 2. The second kappa shape index (κ2) is 6.58. The van der Waals surface area contributed by atoms with Gasteiger partial charge in [-0.1, -0.05) is 55.8 Å². The number of ether oxygens (including phenoxy) is 1. The molecule has 27 heavy (non-hydrogen) atoms. The van der Waals surface area contributed by atoms with Crippen LogP contribution in [-0.4, -0.2) is 17.5 Å². The fraction of sp³-hybridized carbons (Fsp3) is 0.261. The molecule has 1 aliphatic carbocycles. The lowest BCUT2D eigenvalue weighted by atomic mass is 9.76. The van der Waals surface area contributed by atoms with Gasteiger partial charge in [-0.2, -0.15) is 0 Å². The van der Waals surface area contributed by atoms with Crippen LogP contribution in [0, 0.1) is 5.41 Å². The topological polar surface area (TPSA) is 31.2 Å². The second-order valence-corrected chi connectivity index (χ2v) is 8.26. The van der Waals surface area contributed by atoms with Gasteiger partial charge in [0.05, 0.1) is 18.4 Å². The van der Waals surface area contributed by atoms with Gasteiger partial charge in [0.15, 0.2) is 11.5 Å². The number of carbonyl (C=O) groups is 1. The Balaban J connectivity index is 2.09. The molecule has 0 amide bonds. The SMILES string of the molecule is COc1c2c(n(-c3ccc(Cl)cc3)c1-c1ccccc1)CC(C)(C)CC2=O. The zero-order valence-electron chi connectivity index (χ0n) is 15.8. The normalized spacial score (nSPS) is 15.5. The van der Waals surface area contributed by atoms with Crippen LogP contribution >= 0.6 is 11.6 Å². The number of Topliss-reactive ketones (excluding diaryl/α,β-unsaturated/α-hetero) is 1. The maximum absolute atomic E-state index is 13.0. The molecule has 3 aromatic rings. The van der Waals surface area contributed by atoms with Crippen molar-refractivity contribution in [3.8, 4) is 22.7 Å². The number of halogens is 1. The van der Waals surface area contributed by atoms with E-state index < -0.39 is 0 Å². The van der Waals surface area contributed by atoms with Crippen molar-refractivity contribution in [1.29, 1.82) is 0 Å². The third-order valence-corrected chi connectivity index (χ3v) is 5.38. The van der Waals surface area contributed by atoms with Gasteiger partial charge < -0.3 is 9.30 Å². The van der Waals surface area contributed by atoms with E-state index in [-0.39, 0.29) is 11.2 Å². The number of methoxy groups -OCH3 is 1. The Hall–Kier alpha value is -2.52. The molecule has 0 saturated carbocycles. The second-order valence-electron chi connectivity index (χ2n) is 7.82. The van der Waals surface area contributed by atoms with Gasteiger partial charge in [0.1, 0.15) is 0 Å². The van der Waals surface area contributed by atoms with Crippen molar-refractivity contribution in [1.82, 2.24) is 4.57 Å². The lowest BCUT2D eigenvalue weighted by molar-refractivity contribution is 0.0908. The van der Waals surface area contributed by atoms with Gasteiger partial charge in [-0.15, -0.1) is 0 Å². The van der Waals surface area contributed by atoms with E-state index in [2.05, 4.69) is 18.4 Å². The van der Waals surface area contributed by atoms with E-state index in [1.54, 1.807) is 7.11 Å². The summed E-state index contributed by atoms with van der Waals surface area (Å²) in [6.45, 7) is 4.28. The van der Waals surface area contributed by atoms with Crippen molar-refractivity contribution in [2.24, 2.45) is 5.41 Å². The van der Waals surface area contributed by atoms with Crippen molar-refractivity contribution < 1.29 is 9.53 Å². The Bertz CT molecular complexity index is 1000. The van der Waals surface area contributed by atoms with E-state index in [0.29, 0.717) is 22.8 Å². The number of hydrogen-bond acceptors (Lipinski definition) is 2. The van der Waals surface area contributed by atoms with Gasteiger partial charge >= 0.3 is 0 Å². The Morgan fingerprint density at radius 1 is 1.00 bits per heavy atom. The average Bonchev–Trinajstić information content (AvgIpc) is 2.96. The highest BCUT2D eigenvalue weighted by molar-refractivity contribution is 6.30. The third kappa shape index (κ3) is 3.06. The predicted molar refractivity (Wildman–Crippen MR) is 109 cm³/mol. The van der Waals surface area contributed by atoms with Crippen LogP contribution in [0.1, 0.15) is 36.3 Å². The van der Waals surface area contributed by atoms with E-state index in [9.17, 15) is 4.79 Å². The number of rotatable bonds is 3. The van der Waals surface area contributed by atoms with Crippen molar-refractivity contribution in [2.75, 3.05) is 7.11 Å². The number of carbonyl (C=O) groups excluding carboxylic acids is 1. The van der Waals surface area contributed by atoms with Crippen LogP contribution in [0.4, 0.5) is 0 Å². The van der Waals surface area contributed by atoms with Crippen molar-refractivity contribution in [3.63, 3.8) is 0 Å². The highest BCUT2D eigenvalue weighted by atomic mass is 35.5. The lowest BCUT2D eigenvalue weighted by Crippen LogP contribution is -2.28. The Morgan fingerprint density at radius 3 is 2.30 bits per heavy atom. The minimum Gasteiger partial charge on any atom is -0.494 e. The molecule has 1 aliphatic rings. The molecule has 138 valence electrons. The first-order valence-electron chi connectivity index (χ1n) is 9.07. The summed E-state index contributed by atoms with van der Waals surface area (Å²) in [6, 6.07) is 17.8. The smallest absolute Gasteiger partial charge is 0.169 e. The number of nitrogens with zero attached hydrogens (tertiary/aromatic N) is 1. The van der Waals surface area contributed by atoms with Gasteiger partial charge in [-0.3, -0.25) is 4.79 Å². The maximum Gasteiger partial charge on any atom is 0.169 e. The Kier molecular flexibility index (Phi) is 4.35. The molecule has 4 heteroatoms. The van der Waals surface area contributed by atoms with Crippen molar-refractivity contribution in [2.45, 2.75) is 26.7 Å². The summed E-state index contributed by atoms with van der Waals surface area (Å²) in [6.07, 6.45) is 1.33. The maximum atomic E-state index is 13.0. The van der Waals surface area contributed by atoms with Crippen LogP contribution in [0.15, 0.2) is 54.6 Å². The number of fused-ring (bicyclic) bond motifs is 1. The molecule has 3 nitrogen and oxygen atoms in total. The molecule has 0 bridgehead atoms. The predicted octanol–water partition coefficient (Wildman–Crippen LogP) is 5.96. The number of aromatic nitrogens is 1. The van der Waals surface area contributed by atoms with E-state index in [1.165, 1.54) is 0 Å². The summed E-state index contributed by atoms with van der Waals surface area (Å²) in [4.78, 5) is 13.0. The van der Waals surface area contributed by atoms with Crippen LogP contribution in [0.25, 0.3) is 16.9 Å². The van der Waals surface area contributed by atoms with Gasteiger partial charge in [0, 0.05) is 28.4 Å². The summed E-state index contributed by atoms with van der Waals surface area (Å²) in [5.41, 5.74) is 4.54. The van der Waals surface area contributed by atoms with Crippen LogP contribution in [0.3, 0.4) is 0 Å². The molecule has 0 N–H and O–H groups in total. The van der Waals surface area contributed by atoms with E-state index >= 15 is 0 Å². The monoisotopic (exact) mass is 379 g/mol. The third-order valence-electron chi connectivity index (χ3n) is 5.12. The highest BCUT2D eigenvalue weighted by Crippen LogP contribution is 2.46. The molecule has 0 radical (unpaired) electrons. The van der Waals surface area contributed by atoms with E-state index in [0.717, 1.165) is 29.1 Å². The summed E-state index contributed by atoms with van der Waals surface area (Å²) < 4.78 is 7.96. The minimum atomic E-state index is -0.0917. The van der Waals surface area contributed by atoms with Crippen molar-refractivity contribution in [3.05, 3.63) is 70.9 Å². The quantitative estimate of drug-likeness (QED) is 0.562. The molecule has 0 spiro atoms. The molecule has 0 atom stereocenters. The fourth-order valence-electron chi connectivity index (χ4n) is 4.02. The van der Waals surface area contributed by atoms with Crippen LogP contribution in [0.2, 0.25) is 5.02 Å².